The molecule has 0 aliphatic carbocycles. The normalized spacial score (nSPS) is 21.1. The number of halogens is 2. The molecule has 0 saturated carbocycles. The predicted octanol–water partition coefficient (Wildman–Crippen LogP) is 4.13. The zero-order valence-corrected chi connectivity index (χ0v) is 21.8. The van der Waals surface area contributed by atoms with Gasteiger partial charge in [0.15, 0.2) is 0 Å². The number of nitrogens with zero attached hydrogens (tertiary/aromatic N) is 2. The van der Waals surface area contributed by atoms with Crippen LogP contribution in [-0.4, -0.2) is 65.7 Å². The van der Waals surface area contributed by atoms with Gasteiger partial charge in [-0.3, -0.25) is 19.9 Å². The van der Waals surface area contributed by atoms with Crippen molar-refractivity contribution < 1.29 is 23.1 Å². The highest BCUT2D eigenvalue weighted by Gasteiger charge is 2.37. The Morgan fingerprint density at radius 1 is 1.24 bits per heavy atom. The van der Waals surface area contributed by atoms with Gasteiger partial charge in [-0.1, -0.05) is 6.07 Å². The van der Waals surface area contributed by atoms with E-state index in [0.717, 1.165) is 32.4 Å². The number of carbonyl (C=O) groups is 2. The number of aromatic nitrogens is 1. The number of hydrogen-bond donors (Lipinski definition) is 2. The molecule has 1 aromatic heterocycles. The minimum atomic E-state index is -1.18. The van der Waals surface area contributed by atoms with Gasteiger partial charge in [-0.15, -0.1) is 0 Å². The number of likely N-dealkylation sites (tertiary alicyclic amines) is 1. The van der Waals surface area contributed by atoms with E-state index in [0.29, 0.717) is 49.0 Å². The number of nitrogens with one attached hydrogen (secondary N) is 2. The summed E-state index contributed by atoms with van der Waals surface area (Å²) in [5, 5.41) is 5.39. The molecule has 2 N–H and O–H groups in total. The van der Waals surface area contributed by atoms with Crippen LogP contribution in [0.15, 0.2) is 36.5 Å². The fraction of sp³-hybridized carbons (Fsp3) is 0.536. The monoisotopic (exact) mass is 514 g/mol. The average molecular weight is 515 g/mol. The van der Waals surface area contributed by atoms with E-state index in [4.69, 9.17) is 4.74 Å². The van der Waals surface area contributed by atoms with Crippen molar-refractivity contribution in [2.45, 2.75) is 57.7 Å². The molecule has 2 aromatic rings. The molecular formula is C28H36F2N4O3. The molecule has 9 heteroatoms. The third kappa shape index (κ3) is 7.11. The van der Waals surface area contributed by atoms with Gasteiger partial charge in [-0.2, -0.15) is 0 Å². The Morgan fingerprint density at radius 2 is 2.00 bits per heavy atom. The molecule has 2 aliphatic rings. The smallest absolute Gasteiger partial charge is 0.260 e. The van der Waals surface area contributed by atoms with Gasteiger partial charge in [0.2, 0.25) is 5.91 Å². The Balaban J connectivity index is 1.29. The van der Waals surface area contributed by atoms with E-state index in [-0.39, 0.29) is 5.56 Å². The van der Waals surface area contributed by atoms with Crippen molar-refractivity contribution in [1.82, 2.24) is 20.5 Å². The Hall–Kier alpha value is -2.91. The molecule has 200 valence electrons. The summed E-state index contributed by atoms with van der Waals surface area (Å²) in [5.74, 6) is -0.910. The summed E-state index contributed by atoms with van der Waals surface area (Å²) >= 11 is 0. The van der Waals surface area contributed by atoms with E-state index in [9.17, 15) is 18.4 Å². The number of rotatable bonds is 8. The van der Waals surface area contributed by atoms with Crippen molar-refractivity contribution >= 4 is 11.8 Å². The van der Waals surface area contributed by atoms with Crippen LogP contribution in [0, 0.1) is 11.7 Å². The standard InChI is InChI=1S/C28H36F2N4O3/c1-27(2,30)18-34-13-9-19(10-14-34)17-37-21-6-8-24(31-16-21)20-5-7-22(23(29)15-20)25(35)33-26(36)28(3)11-4-12-32-28/h5-8,15-16,19,32H,4,9-14,17-18H2,1-3H3,(H,33,35,36)/t28-/m0/s1. The maximum Gasteiger partial charge on any atom is 0.260 e. The maximum absolute atomic E-state index is 14.8. The van der Waals surface area contributed by atoms with Gasteiger partial charge in [0.1, 0.15) is 17.2 Å². The molecule has 1 atom stereocenters. The summed E-state index contributed by atoms with van der Waals surface area (Å²) in [5.41, 5.74) is -1.14. The third-order valence-electron chi connectivity index (χ3n) is 7.14. The van der Waals surface area contributed by atoms with Gasteiger partial charge in [-0.25, -0.2) is 8.78 Å². The number of pyridine rings is 1. The number of piperidine rings is 1. The van der Waals surface area contributed by atoms with Crippen LogP contribution in [0.25, 0.3) is 11.3 Å². The molecule has 0 radical (unpaired) electrons. The summed E-state index contributed by atoms with van der Waals surface area (Å²) < 4.78 is 34.5. The molecule has 37 heavy (non-hydrogen) atoms. The summed E-state index contributed by atoms with van der Waals surface area (Å²) in [6.45, 7) is 8.40. The van der Waals surface area contributed by atoms with E-state index in [1.54, 1.807) is 45.2 Å². The molecule has 2 aliphatic heterocycles. The minimum Gasteiger partial charge on any atom is -0.492 e. The summed E-state index contributed by atoms with van der Waals surface area (Å²) in [6.07, 6.45) is 4.99. The highest BCUT2D eigenvalue weighted by molar-refractivity contribution is 6.07. The lowest BCUT2D eigenvalue weighted by Gasteiger charge is -2.34. The van der Waals surface area contributed by atoms with Crippen molar-refractivity contribution in [3.05, 3.63) is 47.9 Å². The van der Waals surface area contributed by atoms with E-state index in [2.05, 4.69) is 20.5 Å². The number of alkyl halides is 1. The van der Waals surface area contributed by atoms with E-state index in [1.807, 2.05) is 0 Å². The highest BCUT2D eigenvalue weighted by atomic mass is 19.1. The first-order valence-electron chi connectivity index (χ1n) is 12.9. The molecule has 2 amide bonds. The van der Waals surface area contributed by atoms with Crippen LogP contribution in [-0.2, 0) is 4.79 Å². The van der Waals surface area contributed by atoms with E-state index >= 15 is 0 Å². The number of imide groups is 1. The molecule has 0 spiro atoms. The van der Waals surface area contributed by atoms with Gasteiger partial charge >= 0.3 is 0 Å². The van der Waals surface area contributed by atoms with Gasteiger partial charge < -0.3 is 15.0 Å². The quantitative estimate of drug-likeness (QED) is 0.516. The average Bonchev–Trinajstić information content (AvgIpc) is 3.30. The summed E-state index contributed by atoms with van der Waals surface area (Å²) in [6, 6.07) is 7.74. The number of benzene rings is 1. The topological polar surface area (TPSA) is 83.6 Å². The molecule has 1 aromatic carbocycles. The molecule has 7 nitrogen and oxygen atoms in total. The summed E-state index contributed by atoms with van der Waals surface area (Å²) in [4.78, 5) is 31.5. The lowest BCUT2D eigenvalue weighted by atomic mass is 9.97. The van der Waals surface area contributed by atoms with Crippen molar-refractivity contribution in [2.24, 2.45) is 5.92 Å². The molecule has 0 unspecified atom stereocenters. The fourth-order valence-electron chi connectivity index (χ4n) is 4.95. The second-order valence-corrected chi connectivity index (χ2v) is 11.0. The van der Waals surface area contributed by atoms with Crippen molar-refractivity contribution in [1.29, 1.82) is 0 Å². The SMILES string of the molecule is CC(C)(F)CN1CCC(COc2ccc(-c3ccc(C(=O)NC(=O)[C@]4(C)CCCN4)c(F)c3)nc2)CC1. The number of hydrogen-bond acceptors (Lipinski definition) is 6. The van der Waals surface area contributed by atoms with Crippen LogP contribution < -0.4 is 15.4 Å². The van der Waals surface area contributed by atoms with Crippen molar-refractivity contribution in [3.63, 3.8) is 0 Å². The highest BCUT2D eigenvalue weighted by Crippen LogP contribution is 2.25. The predicted molar refractivity (Wildman–Crippen MR) is 138 cm³/mol. The zero-order valence-electron chi connectivity index (χ0n) is 21.8. The van der Waals surface area contributed by atoms with Crippen LogP contribution in [0.2, 0.25) is 0 Å². The van der Waals surface area contributed by atoms with Crippen molar-refractivity contribution in [3.8, 4) is 17.0 Å². The van der Waals surface area contributed by atoms with E-state index < -0.39 is 28.8 Å². The first kappa shape index (κ1) is 27.1. The Labute approximate surface area is 217 Å². The largest absolute Gasteiger partial charge is 0.492 e. The van der Waals surface area contributed by atoms with Gasteiger partial charge in [0, 0.05) is 12.1 Å². The molecule has 3 heterocycles. The Kier molecular flexibility index (Phi) is 8.23. The molecule has 0 bridgehead atoms. The first-order valence-corrected chi connectivity index (χ1v) is 12.9. The Bertz CT molecular complexity index is 1100. The van der Waals surface area contributed by atoms with Crippen molar-refractivity contribution in [2.75, 3.05) is 32.8 Å². The molecule has 4 rings (SSSR count). The zero-order chi connectivity index (χ0) is 26.6. The second kappa shape index (κ2) is 11.2. The van der Waals surface area contributed by atoms with Crippen LogP contribution in [0.4, 0.5) is 8.78 Å². The number of ether oxygens (including phenoxy) is 1. The van der Waals surface area contributed by atoms with Crippen LogP contribution in [0.1, 0.15) is 56.8 Å². The summed E-state index contributed by atoms with van der Waals surface area (Å²) in [7, 11) is 0. The minimum absolute atomic E-state index is 0.195. The Morgan fingerprint density at radius 3 is 2.59 bits per heavy atom. The van der Waals surface area contributed by atoms with Gasteiger partial charge in [0.25, 0.3) is 5.91 Å². The van der Waals surface area contributed by atoms with Gasteiger partial charge in [0.05, 0.1) is 29.6 Å². The molecular weight excluding hydrogens is 478 g/mol. The van der Waals surface area contributed by atoms with Crippen LogP contribution >= 0.6 is 0 Å². The van der Waals surface area contributed by atoms with Crippen LogP contribution in [0.5, 0.6) is 5.75 Å². The third-order valence-corrected chi connectivity index (χ3v) is 7.14. The lowest BCUT2D eigenvalue weighted by Crippen LogP contribution is -2.52. The maximum atomic E-state index is 14.8. The fourth-order valence-corrected chi connectivity index (χ4v) is 4.95. The first-order chi connectivity index (χ1) is 17.5. The number of carbonyl (C=O) groups excluding carboxylic acids is 2. The van der Waals surface area contributed by atoms with E-state index in [1.165, 1.54) is 12.1 Å². The van der Waals surface area contributed by atoms with Crippen LogP contribution in [0.3, 0.4) is 0 Å². The molecule has 2 fully saturated rings. The second-order valence-electron chi connectivity index (χ2n) is 11.0. The lowest BCUT2D eigenvalue weighted by molar-refractivity contribution is -0.125. The number of amides is 2. The molecule has 2 saturated heterocycles. The van der Waals surface area contributed by atoms with Gasteiger partial charge in [-0.05, 0) is 96.3 Å².